The van der Waals surface area contributed by atoms with Crippen LogP contribution in [0.15, 0.2) is 24.5 Å². The maximum Gasteiger partial charge on any atom is 0.417 e. The van der Waals surface area contributed by atoms with E-state index >= 15 is 0 Å². The van der Waals surface area contributed by atoms with E-state index in [0.29, 0.717) is 5.69 Å². The van der Waals surface area contributed by atoms with Crippen LogP contribution < -0.4 is 0 Å². The minimum atomic E-state index is -4.52. The Morgan fingerprint density at radius 1 is 1.19 bits per heavy atom. The average Bonchev–Trinajstić information content (AvgIpc) is 2.89. The lowest BCUT2D eigenvalue weighted by Gasteiger charge is -2.15. The van der Waals surface area contributed by atoms with E-state index in [2.05, 4.69) is 4.98 Å². The van der Waals surface area contributed by atoms with Crippen molar-refractivity contribution in [3.05, 3.63) is 47.0 Å². The van der Waals surface area contributed by atoms with Crippen LogP contribution in [0.4, 0.5) is 13.2 Å². The summed E-state index contributed by atoms with van der Waals surface area (Å²) in [5.41, 5.74) is 1.32. The van der Waals surface area contributed by atoms with Gasteiger partial charge in [-0.25, -0.2) is 4.98 Å². The van der Waals surface area contributed by atoms with Crippen molar-refractivity contribution in [2.45, 2.75) is 31.9 Å². The van der Waals surface area contributed by atoms with Crippen LogP contribution >= 0.6 is 0 Å². The first-order valence-corrected chi connectivity index (χ1v) is 6.67. The molecule has 108 valence electrons. The monoisotopic (exact) mass is 291 g/mol. The van der Waals surface area contributed by atoms with Crippen molar-refractivity contribution >= 4 is 0 Å². The molecule has 1 aliphatic carbocycles. The van der Waals surface area contributed by atoms with Gasteiger partial charge in [0.25, 0.3) is 0 Å². The molecule has 1 heterocycles. The molecule has 0 fully saturated rings. The molecule has 0 radical (unpaired) electrons. The Morgan fingerprint density at radius 3 is 2.67 bits per heavy atom. The van der Waals surface area contributed by atoms with Gasteiger partial charge in [0.1, 0.15) is 0 Å². The molecule has 3 nitrogen and oxygen atoms in total. The molecular weight excluding hydrogens is 279 g/mol. The van der Waals surface area contributed by atoms with Gasteiger partial charge in [-0.15, -0.1) is 0 Å². The summed E-state index contributed by atoms with van der Waals surface area (Å²) in [6.07, 6.45) is 0.995. The van der Waals surface area contributed by atoms with E-state index in [1.54, 1.807) is 17.0 Å². The smallest absolute Gasteiger partial charge is 0.303 e. The van der Waals surface area contributed by atoms with Gasteiger partial charge in [-0.05, 0) is 43.9 Å². The molecule has 0 saturated carbocycles. The first kappa shape index (κ1) is 13.7. The van der Waals surface area contributed by atoms with Gasteiger partial charge in [0.15, 0.2) is 0 Å². The molecule has 6 heteroatoms. The minimum Gasteiger partial charge on any atom is -0.303 e. The zero-order valence-electron chi connectivity index (χ0n) is 11.1. The third kappa shape index (κ3) is 2.40. The fourth-order valence-corrected chi connectivity index (χ4v) is 2.71. The van der Waals surface area contributed by atoms with Crippen LogP contribution in [0, 0.1) is 11.3 Å². The number of halogens is 3. The summed E-state index contributed by atoms with van der Waals surface area (Å²) in [5, 5.41) is 8.97. The molecule has 0 bridgehead atoms. The Morgan fingerprint density at radius 2 is 1.95 bits per heavy atom. The number of benzene rings is 1. The van der Waals surface area contributed by atoms with Crippen LogP contribution in [0.3, 0.4) is 0 Å². The molecule has 0 unspecified atom stereocenters. The van der Waals surface area contributed by atoms with Crippen molar-refractivity contribution in [2.24, 2.45) is 0 Å². The molecule has 2 aromatic rings. The van der Waals surface area contributed by atoms with Crippen LogP contribution in [0.25, 0.3) is 5.69 Å². The number of nitrogens with zero attached hydrogens (tertiary/aromatic N) is 3. The molecule has 3 rings (SSSR count). The number of alkyl halides is 3. The van der Waals surface area contributed by atoms with Gasteiger partial charge < -0.3 is 4.57 Å². The molecule has 0 amide bonds. The first-order chi connectivity index (χ1) is 10.0. The van der Waals surface area contributed by atoms with Gasteiger partial charge >= 0.3 is 6.18 Å². The molecule has 0 atom stereocenters. The summed E-state index contributed by atoms with van der Waals surface area (Å²) < 4.78 is 40.2. The van der Waals surface area contributed by atoms with Crippen LogP contribution in [0.1, 0.15) is 35.4 Å². The molecule has 1 aliphatic rings. The fraction of sp³-hybridized carbons (Fsp3) is 0.333. The standard InChI is InChI=1S/C15H12F3N3/c16-15(17,18)12-6-5-11(7-10(12)8-19)21-9-20-13-3-1-2-4-14(13)21/h5-7,9H,1-4H2. The van der Waals surface area contributed by atoms with E-state index in [0.717, 1.165) is 43.1 Å². The Balaban J connectivity index is 2.09. The highest BCUT2D eigenvalue weighted by atomic mass is 19.4. The van der Waals surface area contributed by atoms with Crippen molar-refractivity contribution in [3.63, 3.8) is 0 Å². The van der Waals surface area contributed by atoms with Crippen molar-refractivity contribution in [1.29, 1.82) is 5.26 Å². The molecule has 1 aromatic heterocycles. The quantitative estimate of drug-likeness (QED) is 0.805. The predicted octanol–water partition coefficient (Wildman–Crippen LogP) is 3.64. The molecule has 1 aromatic carbocycles. The largest absolute Gasteiger partial charge is 0.417 e. The van der Waals surface area contributed by atoms with E-state index in [1.807, 2.05) is 0 Å². The number of hydrogen-bond donors (Lipinski definition) is 0. The zero-order chi connectivity index (χ0) is 15.0. The third-order valence-electron chi connectivity index (χ3n) is 3.74. The number of aryl methyl sites for hydroxylation is 1. The second kappa shape index (κ2) is 4.92. The molecule has 0 aliphatic heterocycles. The summed E-state index contributed by atoms with van der Waals surface area (Å²) in [5.74, 6) is 0. The number of rotatable bonds is 1. The maximum atomic E-state index is 12.8. The van der Waals surface area contributed by atoms with Crippen molar-refractivity contribution in [2.75, 3.05) is 0 Å². The molecule has 0 spiro atoms. The van der Waals surface area contributed by atoms with Gasteiger partial charge in [-0.2, -0.15) is 18.4 Å². The minimum absolute atomic E-state index is 0.363. The van der Waals surface area contributed by atoms with Gasteiger partial charge in [0.05, 0.1) is 29.2 Å². The average molecular weight is 291 g/mol. The summed E-state index contributed by atoms with van der Waals surface area (Å²) in [6.45, 7) is 0. The number of imidazole rings is 1. The topological polar surface area (TPSA) is 41.6 Å². The van der Waals surface area contributed by atoms with E-state index in [9.17, 15) is 13.2 Å². The third-order valence-corrected chi connectivity index (χ3v) is 3.74. The van der Waals surface area contributed by atoms with Crippen LogP contribution in [0.2, 0.25) is 0 Å². The second-order valence-corrected chi connectivity index (χ2v) is 5.05. The lowest BCUT2D eigenvalue weighted by Crippen LogP contribution is -2.10. The van der Waals surface area contributed by atoms with Gasteiger partial charge in [0, 0.05) is 11.4 Å². The number of nitriles is 1. The normalized spacial score (nSPS) is 14.6. The Bertz CT molecular complexity index is 723. The summed E-state index contributed by atoms with van der Waals surface area (Å²) in [7, 11) is 0. The Kier molecular flexibility index (Phi) is 3.20. The Labute approximate surface area is 119 Å². The molecule has 0 saturated heterocycles. The van der Waals surface area contributed by atoms with Crippen molar-refractivity contribution < 1.29 is 13.2 Å². The van der Waals surface area contributed by atoms with Crippen LogP contribution in [-0.4, -0.2) is 9.55 Å². The fourth-order valence-electron chi connectivity index (χ4n) is 2.71. The van der Waals surface area contributed by atoms with Gasteiger partial charge in [-0.3, -0.25) is 0 Å². The van der Waals surface area contributed by atoms with Crippen molar-refractivity contribution in [1.82, 2.24) is 9.55 Å². The Hall–Kier alpha value is -2.29. The van der Waals surface area contributed by atoms with Crippen molar-refractivity contribution in [3.8, 4) is 11.8 Å². The van der Waals surface area contributed by atoms with E-state index in [1.165, 1.54) is 12.1 Å². The van der Waals surface area contributed by atoms with Crippen LogP contribution in [0.5, 0.6) is 0 Å². The molecule has 0 N–H and O–H groups in total. The highest BCUT2D eigenvalue weighted by Gasteiger charge is 2.33. The molecule has 21 heavy (non-hydrogen) atoms. The highest BCUT2D eigenvalue weighted by molar-refractivity contribution is 5.49. The predicted molar refractivity (Wildman–Crippen MR) is 69.9 cm³/mol. The first-order valence-electron chi connectivity index (χ1n) is 6.67. The summed E-state index contributed by atoms with van der Waals surface area (Å²) >= 11 is 0. The second-order valence-electron chi connectivity index (χ2n) is 5.05. The number of hydrogen-bond acceptors (Lipinski definition) is 2. The van der Waals surface area contributed by atoms with E-state index in [-0.39, 0.29) is 5.56 Å². The van der Waals surface area contributed by atoms with E-state index in [4.69, 9.17) is 5.26 Å². The van der Waals surface area contributed by atoms with Gasteiger partial charge in [0.2, 0.25) is 0 Å². The zero-order valence-corrected chi connectivity index (χ0v) is 11.1. The number of aromatic nitrogens is 2. The van der Waals surface area contributed by atoms with Gasteiger partial charge in [-0.1, -0.05) is 0 Å². The lowest BCUT2D eigenvalue weighted by atomic mass is 10.0. The lowest BCUT2D eigenvalue weighted by molar-refractivity contribution is -0.137. The summed E-state index contributed by atoms with van der Waals surface area (Å²) in [4.78, 5) is 4.32. The van der Waals surface area contributed by atoms with E-state index < -0.39 is 11.7 Å². The SMILES string of the molecule is N#Cc1cc(-n2cnc3c2CCCC3)ccc1C(F)(F)F. The van der Waals surface area contributed by atoms with Crippen LogP contribution in [-0.2, 0) is 19.0 Å². The molecular formula is C15H12F3N3. The highest BCUT2D eigenvalue weighted by Crippen LogP contribution is 2.33. The summed E-state index contributed by atoms with van der Waals surface area (Å²) in [6, 6.07) is 5.26. The number of fused-ring (bicyclic) bond motifs is 1. The maximum absolute atomic E-state index is 12.8.